The number of anilines is 2. The van der Waals surface area contributed by atoms with Gasteiger partial charge in [-0.25, -0.2) is 4.68 Å². The molecule has 7 nitrogen and oxygen atoms in total. The van der Waals surface area contributed by atoms with Crippen LogP contribution in [0.25, 0.3) is 0 Å². The Morgan fingerprint density at radius 1 is 1.21 bits per heavy atom. The molecule has 1 amide bonds. The molecule has 122 valence electrons. The highest BCUT2D eigenvalue weighted by Gasteiger charge is 2.18. The second kappa shape index (κ2) is 6.82. The van der Waals surface area contributed by atoms with Gasteiger partial charge in [0.2, 0.25) is 0 Å². The van der Waals surface area contributed by atoms with Gasteiger partial charge in [-0.15, -0.1) is 5.10 Å². The third-order valence-corrected chi connectivity index (χ3v) is 3.49. The molecule has 0 aliphatic rings. The van der Waals surface area contributed by atoms with Crippen LogP contribution in [-0.2, 0) is 6.54 Å². The first-order chi connectivity index (χ1) is 11.7. The van der Waals surface area contributed by atoms with E-state index in [1.165, 1.54) is 4.68 Å². The van der Waals surface area contributed by atoms with Crippen LogP contribution >= 0.6 is 0 Å². The van der Waals surface area contributed by atoms with Gasteiger partial charge in [-0.1, -0.05) is 41.6 Å². The Hall–Kier alpha value is -3.35. The van der Waals surface area contributed by atoms with Crippen LogP contribution in [0.3, 0.4) is 0 Å². The number of nitrogen functional groups attached to an aromatic ring is 1. The number of carbonyl (C=O) groups excluding carboxylic acids is 1. The van der Waals surface area contributed by atoms with Gasteiger partial charge in [0, 0.05) is 11.8 Å². The van der Waals surface area contributed by atoms with Crippen molar-refractivity contribution in [3.8, 4) is 5.75 Å². The number of aromatic nitrogens is 3. The Kier molecular flexibility index (Phi) is 4.42. The van der Waals surface area contributed by atoms with E-state index >= 15 is 0 Å². The highest BCUT2D eigenvalue weighted by Crippen LogP contribution is 2.18. The van der Waals surface area contributed by atoms with Crippen LogP contribution in [0.1, 0.15) is 16.1 Å². The van der Waals surface area contributed by atoms with Gasteiger partial charge in [-0.3, -0.25) is 4.79 Å². The van der Waals surface area contributed by atoms with Crippen molar-refractivity contribution < 1.29 is 9.53 Å². The highest BCUT2D eigenvalue weighted by molar-refractivity contribution is 6.05. The van der Waals surface area contributed by atoms with Gasteiger partial charge in [0.25, 0.3) is 5.91 Å². The van der Waals surface area contributed by atoms with Gasteiger partial charge < -0.3 is 15.8 Å². The van der Waals surface area contributed by atoms with Gasteiger partial charge in [0.1, 0.15) is 5.75 Å². The summed E-state index contributed by atoms with van der Waals surface area (Å²) in [5.74, 6) is 0.452. The van der Waals surface area contributed by atoms with Crippen LogP contribution in [-0.4, -0.2) is 28.0 Å². The summed E-state index contributed by atoms with van der Waals surface area (Å²) < 4.78 is 6.62. The molecular weight excluding hydrogens is 306 g/mol. The molecule has 0 atom stereocenters. The van der Waals surface area contributed by atoms with Crippen LogP contribution in [0.2, 0.25) is 0 Å². The van der Waals surface area contributed by atoms with Crippen molar-refractivity contribution in [2.45, 2.75) is 6.54 Å². The first kappa shape index (κ1) is 15.5. The zero-order valence-corrected chi connectivity index (χ0v) is 13.1. The zero-order chi connectivity index (χ0) is 16.9. The molecule has 24 heavy (non-hydrogen) atoms. The fourth-order valence-corrected chi connectivity index (χ4v) is 2.25. The molecule has 0 unspecified atom stereocenters. The average Bonchev–Trinajstić information content (AvgIpc) is 2.97. The summed E-state index contributed by atoms with van der Waals surface area (Å²) in [6.45, 7) is 0.451. The predicted molar refractivity (Wildman–Crippen MR) is 90.9 cm³/mol. The fraction of sp³-hybridized carbons (Fsp3) is 0.118. The smallest absolute Gasteiger partial charge is 0.280 e. The van der Waals surface area contributed by atoms with Gasteiger partial charge in [-0.2, -0.15) is 0 Å². The molecule has 0 radical (unpaired) electrons. The topological polar surface area (TPSA) is 95.1 Å². The zero-order valence-electron chi connectivity index (χ0n) is 13.1. The highest BCUT2D eigenvalue weighted by atomic mass is 16.5. The molecule has 2 aromatic carbocycles. The lowest BCUT2D eigenvalue weighted by Crippen LogP contribution is -2.15. The Morgan fingerprint density at radius 3 is 2.75 bits per heavy atom. The van der Waals surface area contributed by atoms with E-state index in [-0.39, 0.29) is 11.5 Å². The second-order valence-electron chi connectivity index (χ2n) is 5.15. The lowest BCUT2D eigenvalue weighted by atomic mass is 10.2. The van der Waals surface area contributed by atoms with E-state index in [0.717, 1.165) is 5.56 Å². The van der Waals surface area contributed by atoms with Crippen molar-refractivity contribution in [1.82, 2.24) is 15.0 Å². The lowest BCUT2D eigenvalue weighted by Gasteiger charge is -2.06. The summed E-state index contributed by atoms with van der Waals surface area (Å²) >= 11 is 0. The minimum atomic E-state index is -0.417. The van der Waals surface area contributed by atoms with Crippen molar-refractivity contribution in [2.75, 3.05) is 18.2 Å². The molecule has 0 aliphatic carbocycles. The van der Waals surface area contributed by atoms with Gasteiger partial charge in [-0.05, 0) is 17.7 Å². The summed E-state index contributed by atoms with van der Waals surface area (Å²) in [7, 11) is 1.56. The number of hydrogen-bond acceptors (Lipinski definition) is 5. The van der Waals surface area contributed by atoms with Gasteiger partial charge in [0.15, 0.2) is 11.5 Å². The summed E-state index contributed by atoms with van der Waals surface area (Å²) in [6.07, 6.45) is 0. The van der Waals surface area contributed by atoms with Crippen molar-refractivity contribution in [3.63, 3.8) is 0 Å². The number of nitrogens with zero attached hydrogens (tertiary/aromatic N) is 3. The summed E-state index contributed by atoms with van der Waals surface area (Å²) in [6, 6.07) is 16.7. The Balaban J connectivity index is 1.76. The van der Waals surface area contributed by atoms with Crippen LogP contribution in [0.4, 0.5) is 11.5 Å². The van der Waals surface area contributed by atoms with Gasteiger partial charge >= 0.3 is 0 Å². The normalized spacial score (nSPS) is 10.4. The maximum Gasteiger partial charge on any atom is 0.280 e. The lowest BCUT2D eigenvalue weighted by molar-refractivity contribution is 0.102. The number of hydrogen-bond donors (Lipinski definition) is 2. The predicted octanol–water partition coefficient (Wildman–Crippen LogP) is 2.17. The number of nitrogens with two attached hydrogens (primary N) is 1. The Bertz CT molecular complexity index is 845. The number of nitrogens with one attached hydrogen (secondary N) is 1. The molecule has 0 bridgehead atoms. The minimum absolute atomic E-state index is 0.0914. The number of carbonyl (C=O) groups is 1. The second-order valence-corrected chi connectivity index (χ2v) is 5.15. The van der Waals surface area contributed by atoms with E-state index in [1.54, 1.807) is 31.4 Å². The number of methoxy groups -OCH3 is 1. The molecule has 3 N–H and O–H groups in total. The molecule has 3 rings (SSSR count). The molecule has 7 heteroatoms. The molecule has 1 aromatic heterocycles. The monoisotopic (exact) mass is 323 g/mol. The molecule has 0 spiro atoms. The number of benzene rings is 2. The molecular formula is C17H17N5O2. The van der Waals surface area contributed by atoms with Gasteiger partial charge in [0.05, 0.1) is 13.7 Å². The van der Waals surface area contributed by atoms with E-state index < -0.39 is 5.91 Å². The number of rotatable bonds is 5. The summed E-state index contributed by atoms with van der Waals surface area (Å²) in [5.41, 5.74) is 7.72. The molecule has 0 saturated carbocycles. The van der Waals surface area contributed by atoms with Crippen molar-refractivity contribution in [2.24, 2.45) is 0 Å². The molecule has 0 aliphatic heterocycles. The molecule has 0 saturated heterocycles. The summed E-state index contributed by atoms with van der Waals surface area (Å²) in [5, 5.41) is 10.6. The molecule has 3 aromatic rings. The molecule has 0 fully saturated rings. The third-order valence-electron chi connectivity index (χ3n) is 3.49. The minimum Gasteiger partial charge on any atom is -0.497 e. The van der Waals surface area contributed by atoms with Crippen LogP contribution in [0.15, 0.2) is 54.6 Å². The maximum atomic E-state index is 12.4. The van der Waals surface area contributed by atoms with Crippen LogP contribution < -0.4 is 15.8 Å². The first-order valence-electron chi connectivity index (χ1n) is 7.35. The van der Waals surface area contributed by atoms with E-state index in [9.17, 15) is 4.79 Å². The van der Waals surface area contributed by atoms with E-state index in [2.05, 4.69) is 15.6 Å². The Morgan fingerprint density at radius 2 is 2.00 bits per heavy atom. The SMILES string of the molecule is COc1cccc(NC(=O)c2nnn(Cc3ccccc3)c2N)c1. The van der Waals surface area contributed by atoms with Crippen molar-refractivity contribution in [3.05, 3.63) is 65.9 Å². The van der Waals surface area contributed by atoms with E-state index in [0.29, 0.717) is 18.0 Å². The van der Waals surface area contributed by atoms with E-state index in [4.69, 9.17) is 10.5 Å². The molecule has 1 heterocycles. The number of ether oxygens (including phenoxy) is 1. The van der Waals surface area contributed by atoms with Crippen LogP contribution in [0, 0.1) is 0 Å². The Labute approximate surface area is 139 Å². The third kappa shape index (κ3) is 3.35. The maximum absolute atomic E-state index is 12.4. The fourth-order valence-electron chi connectivity index (χ4n) is 2.25. The number of amides is 1. The van der Waals surface area contributed by atoms with Crippen molar-refractivity contribution >= 4 is 17.4 Å². The van der Waals surface area contributed by atoms with Crippen molar-refractivity contribution in [1.29, 1.82) is 0 Å². The van der Waals surface area contributed by atoms with E-state index in [1.807, 2.05) is 30.3 Å². The largest absolute Gasteiger partial charge is 0.497 e. The average molecular weight is 323 g/mol. The summed E-state index contributed by atoms with van der Waals surface area (Å²) in [4.78, 5) is 12.4. The first-order valence-corrected chi connectivity index (χ1v) is 7.35. The standard InChI is InChI=1S/C17H17N5O2/c1-24-14-9-5-8-13(10-14)19-17(23)15-16(18)22(21-20-15)11-12-6-3-2-4-7-12/h2-10H,11,18H2,1H3,(H,19,23). The quantitative estimate of drug-likeness (QED) is 0.750. The van der Waals surface area contributed by atoms with Crippen LogP contribution in [0.5, 0.6) is 5.75 Å².